The zero-order valence-electron chi connectivity index (χ0n) is 12.7. The van der Waals surface area contributed by atoms with Gasteiger partial charge in [-0.2, -0.15) is 4.31 Å². The van der Waals surface area contributed by atoms with Gasteiger partial charge in [-0.25, -0.2) is 8.42 Å². The quantitative estimate of drug-likeness (QED) is 0.910. The van der Waals surface area contributed by atoms with E-state index in [9.17, 15) is 13.5 Å². The van der Waals surface area contributed by atoms with Gasteiger partial charge in [-0.1, -0.05) is 19.1 Å². The molecular formula is C15H24N2O3S. The number of hydrogen-bond donors (Lipinski definition) is 1. The Morgan fingerprint density at radius 3 is 2.76 bits per heavy atom. The molecule has 5 nitrogen and oxygen atoms in total. The Labute approximate surface area is 127 Å². The van der Waals surface area contributed by atoms with E-state index >= 15 is 0 Å². The van der Waals surface area contributed by atoms with Crippen molar-refractivity contribution >= 4 is 10.0 Å². The predicted molar refractivity (Wildman–Crippen MR) is 82.4 cm³/mol. The van der Waals surface area contributed by atoms with Crippen LogP contribution in [0.25, 0.3) is 0 Å². The van der Waals surface area contributed by atoms with Gasteiger partial charge in [0.2, 0.25) is 10.0 Å². The second-order valence-corrected chi connectivity index (χ2v) is 7.49. The van der Waals surface area contributed by atoms with Crippen molar-refractivity contribution in [2.75, 3.05) is 26.7 Å². The maximum atomic E-state index is 12.9. The van der Waals surface area contributed by atoms with Crippen LogP contribution < -0.4 is 0 Å². The maximum Gasteiger partial charge on any atom is 0.243 e. The topological polar surface area (TPSA) is 60.9 Å². The Balaban J connectivity index is 2.35. The van der Waals surface area contributed by atoms with Gasteiger partial charge < -0.3 is 10.0 Å². The van der Waals surface area contributed by atoms with E-state index in [1.165, 1.54) is 0 Å². The monoisotopic (exact) mass is 312 g/mol. The van der Waals surface area contributed by atoms with Crippen molar-refractivity contribution in [3.8, 4) is 0 Å². The lowest BCUT2D eigenvalue weighted by molar-refractivity contribution is 0.270. The largest absolute Gasteiger partial charge is 0.392 e. The molecule has 1 unspecified atom stereocenters. The molecule has 1 fully saturated rings. The van der Waals surface area contributed by atoms with Gasteiger partial charge in [-0.15, -0.1) is 0 Å². The highest BCUT2D eigenvalue weighted by atomic mass is 32.2. The molecule has 0 aliphatic carbocycles. The smallest absolute Gasteiger partial charge is 0.243 e. The third kappa shape index (κ3) is 3.63. The Morgan fingerprint density at radius 1 is 1.33 bits per heavy atom. The van der Waals surface area contributed by atoms with Gasteiger partial charge >= 0.3 is 0 Å². The molecule has 1 saturated heterocycles. The minimum Gasteiger partial charge on any atom is -0.392 e. The fraction of sp³-hybridized carbons (Fsp3) is 0.600. The summed E-state index contributed by atoms with van der Waals surface area (Å²) in [6, 6.07) is 6.59. The molecular weight excluding hydrogens is 288 g/mol. The van der Waals surface area contributed by atoms with Gasteiger partial charge in [0.05, 0.1) is 11.5 Å². The van der Waals surface area contributed by atoms with Crippen molar-refractivity contribution in [2.24, 2.45) is 0 Å². The molecule has 0 spiro atoms. The van der Waals surface area contributed by atoms with Crippen LogP contribution in [0.3, 0.4) is 0 Å². The fourth-order valence-corrected chi connectivity index (χ4v) is 4.61. The molecule has 2 rings (SSSR count). The zero-order chi connectivity index (χ0) is 15.5. The van der Waals surface area contributed by atoms with Gasteiger partial charge in [0.15, 0.2) is 0 Å². The second-order valence-electron chi connectivity index (χ2n) is 5.60. The molecule has 0 amide bonds. The Morgan fingerprint density at radius 2 is 2.10 bits per heavy atom. The maximum absolute atomic E-state index is 12.9. The molecule has 0 aromatic heterocycles. The van der Waals surface area contributed by atoms with E-state index < -0.39 is 10.0 Å². The summed E-state index contributed by atoms with van der Waals surface area (Å²) >= 11 is 0. The summed E-state index contributed by atoms with van der Waals surface area (Å²) in [5.41, 5.74) is 0.621. The summed E-state index contributed by atoms with van der Waals surface area (Å²) in [6.45, 7) is 4.10. The average molecular weight is 312 g/mol. The van der Waals surface area contributed by atoms with E-state index in [2.05, 4.69) is 4.90 Å². The van der Waals surface area contributed by atoms with Crippen molar-refractivity contribution in [2.45, 2.75) is 37.3 Å². The number of sulfonamides is 1. The highest BCUT2D eigenvalue weighted by Crippen LogP contribution is 2.23. The van der Waals surface area contributed by atoms with E-state index in [-0.39, 0.29) is 17.5 Å². The summed E-state index contributed by atoms with van der Waals surface area (Å²) in [7, 11) is -1.47. The Hall–Kier alpha value is -0.950. The molecule has 6 heteroatoms. The van der Waals surface area contributed by atoms with Gasteiger partial charge in [0.25, 0.3) is 0 Å². The van der Waals surface area contributed by atoms with Crippen LogP contribution in [0.5, 0.6) is 0 Å². The lowest BCUT2D eigenvalue weighted by Crippen LogP contribution is -2.43. The number of hydrogen-bond acceptors (Lipinski definition) is 4. The standard InChI is InChI=1S/C15H24N2O3S/c1-3-14-11-16(2)8-5-9-17(14)21(19,20)15-7-4-6-13(10-15)12-18/h4,6-7,10,14,18H,3,5,8-9,11-12H2,1-2H3. The summed E-state index contributed by atoms with van der Waals surface area (Å²) in [5.74, 6) is 0. The number of benzene rings is 1. The highest BCUT2D eigenvalue weighted by molar-refractivity contribution is 7.89. The highest BCUT2D eigenvalue weighted by Gasteiger charge is 2.32. The number of rotatable bonds is 4. The first kappa shape index (κ1) is 16.4. The van der Waals surface area contributed by atoms with Crippen LogP contribution in [0.2, 0.25) is 0 Å². The van der Waals surface area contributed by atoms with E-state index in [1.54, 1.807) is 28.6 Å². The average Bonchev–Trinajstić information content (AvgIpc) is 2.68. The zero-order valence-corrected chi connectivity index (χ0v) is 13.5. The summed E-state index contributed by atoms with van der Waals surface area (Å²) in [5, 5.41) is 9.20. The lowest BCUT2D eigenvalue weighted by atomic mass is 10.2. The number of aliphatic hydroxyl groups is 1. The first-order chi connectivity index (χ1) is 9.98. The first-order valence-electron chi connectivity index (χ1n) is 7.39. The molecule has 1 heterocycles. The third-order valence-corrected chi connectivity index (χ3v) is 5.95. The molecule has 1 N–H and O–H groups in total. The lowest BCUT2D eigenvalue weighted by Gasteiger charge is -2.29. The van der Waals surface area contributed by atoms with E-state index in [1.807, 2.05) is 14.0 Å². The van der Waals surface area contributed by atoms with Crippen molar-refractivity contribution in [1.82, 2.24) is 9.21 Å². The molecule has 21 heavy (non-hydrogen) atoms. The predicted octanol–water partition coefficient (Wildman–Crippen LogP) is 1.28. The third-order valence-electron chi connectivity index (χ3n) is 4.01. The summed E-state index contributed by atoms with van der Waals surface area (Å²) in [6.07, 6.45) is 1.63. The van der Waals surface area contributed by atoms with Gasteiger partial charge in [-0.05, 0) is 44.1 Å². The summed E-state index contributed by atoms with van der Waals surface area (Å²) < 4.78 is 27.5. The normalized spacial score (nSPS) is 22.1. The minimum absolute atomic E-state index is 0.000262. The SMILES string of the molecule is CCC1CN(C)CCCN1S(=O)(=O)c1cccc(CO)c1. The van der Waals surface area contributed by atoms with Gasteiger partial charge in [0, 0.05) is 19.1 Å². The van der Waals surface area contributed by atoms with Crippen LogP contribution in [0.4, 0.5) is 0 Å². The van der Waals surface area contributed by atoms with Crippen LogP contribution >= 0.6 is 0 Å². The van der Waals surface area contributed by atoms with Crippen molar-refractivity contribution in [3.63, 3.8) is 0 Å². The van der Waals surface area contributed by atoms with Crippen molar-refractivity contribution in [1.29, 1.82) is 0 Å². The van der Waals surface area contributed by atoms with Crippen LogP contribution in [0.15, 0.2) is 29.2 Å². The van der Waals surface area contributed by atoms with E-state index in [4.69, 9.17) is 0 Å². The first-order valence-corrected chi connectivity index (χ1v) is 8.83. The van der Waals surface area contributed by atoms with Crippen LogP contribution in [-0.4, -0.2) is 55.5 Å². The molecule has 1 aromatic rings. The van der Waals surface area contributed by atoms with Gasteiger partial charge in [0.1, 0.15) is 0 Å². The van der Waals surface area contributed by atoms with E-state index in [0.29, 0.717) is 12.1 Å². The summed E-state index contributed by atoms with van der Waals surface area (Å²) in [4.78, 5) is 2.46. The fourth-order valence-electron chi connectivity index (χ4n) is 2.81. The van der Waals surface area contributed by atoms with Gasteiger partial charge in [-0.3, -0.25) is 0 Å². The van der Waals surface area contributed by atoms with E-state index in [0.717, 1.165) is 25.9 Å². The van der Waals surface area contributed by atoms with Crippen molar-refractivity contribution in [3.05, 3.63) is 29.8 Å². The Kier molecular flexibility index (Phi) is 5.37. The number of aliphatic hydroxyl groups excluding tert-OH is 1. The van der Waals surface area contributed by atoms with Crippen LogP contribution in [0.1, 0.15) is 25.3 Å². The molecule has 0 radical (unpaired) electrons. The number of likely N-dealkylation sites (N-methyl/N-ethyl adjacent to an activating group) is 1. The molecule has 1 aromatic carbocycles. The molecule has 1 atom stereocenters. The van der Waals surface area contributed by atoms with Crippen LogP contribution in [-0.2, 0) is 16.6 Å². The molecule has 118 valence electrons. The Bertz CT molecular complexity index is 574. The minimum atomic E-state index is -3.51. The molecule has 0 bridgehead atoms. The molecule has 1 aliphatic rings. The number of nitrogens with zero attached hydrogens (tertiary/aromatic N) is 2. The van der Waals surface area contributed by atoms with Crippen LogP contribution in [0, 0.1) is 0 Å². The molecule has 0 saturated carbocycles. The second kappa shape index (κ2) is 6.87. The van der Waals surface area contributed by atoms with Crippen molar-refractivity contribution < 1.29 is 13.5 Å². The molecule has 1 aliphatic heterocycles.